The lowest BCUT2D eigenvalue weighted by Gasteiger charge is -2.08. The summed E-state index contributed by atoms with van der Waals surface area (Å²) in [5.74, 6) is -1.90. The number of hydrogen-bond donors (Lipinski definition) is 3. The molecule has 0 bridgehead atoms. The van der Waals surface area contributed by atoms with E-state index in [1.807, 2.05) is 0 Å². The Kier molecular flexibility index (Phi) is 3.67. The zero-order valence-electron chi connectivity index (χ0n) is 9.78. The average Bonchev–Trinajstić information content (AvgIpc) is 2.43. The van der Waals surface area contributed by atoms with E-state index >= 15 is 0 Å². The van der Waals surface area contributed by atoms with Gasteiger partial charge in [0.2, 0.25) is 0 Å². The van der Waals surface area contributed by atoms with Gasteiger partial charge in [0.1, 0.15) is 5.52 Å². The molecule has 1 aromatic heterocycles. The predicted octanol–water partition coefficient (Wildman–Crippen LogP) is -0.195. The molecule has 98 valence electrons. The fourth-order valence-corrected chi connectivity index (χ4v) is 1.55. The number of carboxylic acid groups (broad SMARTS) is 1. The molecule has 1 heterocycles. The first kappa shape index (κ1) is 12.9. The number of nitrogens with one attached hydrogen (secondary N) is 1. The molecular weight excluding hydrogens is 250 g/mol. The lowest BCUT2D eigenvalue weighted by Crippen LogP contribution is -2.36. The van der Waals surface area contributed by atoms with Crippen LogP contribution in [0.4, 0.5) is 0 Å². The zero-order valence-corrected chi connectivity index (χ0v) is 9.78. The van der Waals surface area contributed by atoms with E-state index in [-0.39, 0.29) is 12.1 Å². The third-order valence-corrected chi connectivity index (χ3v) is 2.48. The quantitative estimate of drug-likeness (QED) is 0.703. The molecule has 0 fully saturated rings. The molecule has 7 heteroatoms. The van der Waals surface area contributed by atoms with Gasteiger partial charge in [-0.15, -0.1) is 0 Å². The summed E-state index contributed by atoms with van der Waals surface area (Å²) in [7, 11) is 0. The van der Waals surface area contributed by atoms with Crippen molar-refractivity contribution in [1.82, 2.24) is 15.3 Å². The van der Waals surface area contributed by atoms with Crippen LogP contribution in [0.3, 0.4) is 0 Å². The van der Waals surface area contributed by atoms with Gasteiger partial charge in [0.05, 0.1) is 17.6 Å². The van der Waals surface area contributed by atoms with Crippen molar-refractivity contribution >= 4 is 22.9 Å². The van der Waals surface area contributed by atoms with Gasteiger partial charge in [-0.3, -0.25) is 14.8 Å². The number of amides is 1. The second-order valence-corrected chi connectivity index (χ2v) is 3.79. The number of aliphatic carboxylic acids is 1. The zero-order chi connectivity index (χ0) is 13.8. The van der Waals surface area contributed by atoms with Crippen molar-refractivity contribution in [2.24, 2.45) is 0 Å². The van der Waals surface area contributed by atoms with Crippen molar-refractivity contribution in [3.63, 3.8) is 0 Å². The summed E-state index contributed by atoms with van der Waals surface area (Å²) in [4.78, 5) is 30.5. The number of fused-ring (bicyclic) bond motifs is 1. The SMILES string of the molecule is O=C(NCC(O)C(=O)O)c1cccc2nccnc12. The molecule has 7 nitrogen and oxygen atoms in total. The molecule has 0 saturated heterocycles. The Morgan fingerprint density at radius 3 is 2.74 bits per heavy atom. The largest absolute Gasteiger partial charge is 0.479 e. The predicted molar refractivity (Wildman–Crippen MR) is 65.5 cm³/mol. The number of hydrogen-bond acceptors (Lipinski definition) is 5. The Morgan fingerprint density at radius 1 is 1.26 bits per heavy atom. The second kappa shape index (κ2) is 5.40. The summed E-state index contributed by atoms with van der Waals surface area (Å²) in [5, 5.41) is 19.9. The van der Waals surface area contributed by atoms with Gasteiger partial charge in [-0.05, 0) is 12.1 Å². The highest BCUT2D eigenvalue weighted by atomic mass is 16.4. The maximum atomic E-state index is 11.9. The Labute approximate surface area is 107 Å². The van der Waals surface area contributed by atoms with E-state index in [4.69, 9.17) is 10.2 Å². The van der Waals surface area contributed by atoms with Crippen LogP contribution in [0.5, 0.6) is 0 Å². The summed E-state index contributed by atoms with van der Waals surface area (Å²) in [6, 6.07) is 4.92. The minimum atomic E-state index is -1.63. The first-order chi connectivity index (χ1) is 9.09. The molecule has 1 aromatic carbocycles. The van der Waals surface area contributed by atoms with E-state index in [0.717, 1.165) is 0 Å². The Bertz CT molecular complexity index is 624. The monoisotopic (exact) mass is 261 g/mol. The van der Waals surface area contributed by atoms with Crippen LogP contribution in [-0.2, 0) is 4.79 Å². The molecule has 1 atom stereocenters. The molecule has 19 heavy (non-hydrogen) atoms. The summed E-state index contributed by atoms with van der Waals surface area (Å²) in [6.45, 7) is -0.370. The molecular formula is C12H11N3O4. The summed E-state index contributed by atoms with van der Waals surface area (Å²) >= 11 is 0. The van der Waals surface area contributed by atoms with Crippen molar-refractivity contribution < 1.29 is 19.8 Å². The topological polar surface area (TPSA) is 112 Å². The van der Waals surface area contributed by atoms with Gasteiger partial charge in [0, 0.05) is 12.4 Å². The van der Waals surface area contributed by atoms with Crippen molar-refractivity contribution in [2.45, 2.75) is 6.10 Å². The third kappa shape index (κ3) is 2.83. The number of aromatic nitrogens is 2. The third-order valence-electron chi connectivity index (χ3n) is 2.48. The van der Waals surface area contributed by atoms with Crippen LogP contribution in [0.2, 0.25) is 0 Å². The van der Waals surface area contributed by atoms with E-state index in [1.54, 1.807) is 18.2 Å². The second-order valence-electron chi connectivity index (χ2n) is 3.79. The lowest BCUT2D eigenvalue weighted by atomic mass is 10.1. The van der Waals surface area contributed by atoms with Gasteiger partial charge < -0.3 is 15.5 Å². The highest BCUT2D eigenvalue weighted by Crippen LogP contribution is 2.13. The van der Waals surface area contributed by atoms with Gasteiger partial charge in [0.15, 0.2) is 6.10 Å². The Morgan fingerprint density at radius 2 is 2.00 bits per heavy atom. The number of aliphatic hydroxyl groups is 1. The van der Waals surface area contributed by atoms with Crippen molar-refractivity contribution in [2.75, 3.05) is 6.54 Å². The molecule has 2 aromatic rings. The molecule has 1 amide bonds. The van der Waals surface area contributed by atoms with Gasteiger partial charge >= 0.3 is 5.97 Å². The molecule has 3 N–H and O–H groups in total. The minimum absolute atomic E-state index is 0.281. The van der Waals surface area contributed by atoms with Crippen LogP contribution in [0, 0.1) is 0 Å². The van der Waals surface area contributed by atoms with Gasteiger partial charge in [0.25, 0.3) is 5.91 Å². The van der Waals surface area contributed by atoms with Crippen LogP contribution < -0.4 is 5.32 Å². The number of aliphatic hydroxyl groups excluding tert-OH is 1. The van der Waals surface area contributed by atoms with Gasteiger partial charge in [-0.1, -0.05) is 6.07 Å². The van der Waals surface area contributed by atoms with Crippen molar-refractivity contribution in [3.8, 4) is 0 Å². The first-order valence-corrected chi connectivity index (χ1v) is 5.48. The maximum Gasteiger partial charge on any atom is 0.334 e. The molecule has 0 saturated carbocycles. The highest BCUT2D eigenvalue weighted by molar-refractivity contribution is 6.04. The summed E-state index contributed by atoms with van der Waals surface area (Å²) in [6.07, 6.45) is 1.34. The van der Waals surface area contributed by atoms with Crippen molar-refractivity contribution in [3.05, 3.63) is 36.2 Å². The molecule has 0 aliphatic heterocycles. The summed E-state index contributed by atoms with van der Waals surface area (Å²) < 4.78 is 0. The van der Waals surface area contributed by atoms with Gasteiger partial charge in [-0.2, -0.15) is 0 Å². The lowest BCUT2D eigenvalue weighted by molar-refractivity contribution is -0.146. The van der Waals surface area contributed by atoms with Crippen LogP contribution in [0.1, 0.15) is 10.4 Å². The number of carboxylic acids is 1. The van der Waals surface area contributed by atoms with Crippen LogP contribution >= 0.6 is 0 Å². The van der Waals surface area contributed by atoms with E-state index in [2.05, 4.69) is 15.3 Å². The fraction of sp³-hybridized carbons (Fsp3) is 0.167. The molecule has 1 unspecified atom stereocenters. The van der Waals surface area contributed by atoms with E-state index in [0.29, 0.717) is 11.0 Å². The fourth-order valence-electron chi connectivity index (χ4n) is 1.55. The summed E-state index contributed by atoms with van der Waals surface area (Å²) in [5.41, 5.74) is 1.27. The molecule has 0 aliphatic rings. The molecule has 0 spiro atoms. The van der Waals surface area contributed by atoms with Crippen molar-refractivity contribution in [1.29, 1.82) is 0 Å². The number of carbonyl (C=O) groups is 2. The Hall–Kier alpha value is -2.54. The number of para-hydroxylation sites is 1. The van der Waals surface area contributed by atoms with E-state index in [9.17, 15) is 9.59 Å². The number of nitrogens with zero attached hydrogens (tertiary/aromatic N) is 2. The molecule has 2 rings (SSSR count). The molecule has 0 radical (unpaired) electrons. The number of carbonyl (C=O) groups excluding carboxylic acids is 1. The maximum absolute atomic E-state index is 11.9. The highest BCUT2D eigenvalue weighted by Gasteiger charge is 2.16. The van der Waals surface area contributed by atoms with Crippen LogP contribution in [0.25, 0.3) is 11.0 Å². The first-order valence-electron chi connectivity index (χ1n) is 5.48. The number of benzene rings is 1. The van der Waals surface area contributed by atoms with E-state index < -0.39 is 18.0 Å². The van der Waals surface area contributed by atoms with Crippen LogP contribution in [0.15, 0.2) is 30.6 Å². The standard InChI is InChI=1S/C12H11N3O4/c16-9(12(18)19)6-15-11(17)7-2-1-3-8-10(7)14-5-4-13-8/h1-5,9,16H,6H2,(H,15,17)(H,18,19). The van der Waals surface area contributed by atoms with E-state index in [1.165, 1.54) is 12.4 Å². The molecule has 0 aliphatic carbocycles. The number of rotatable bonds is 4. The normalized spacial score (nSPS) is 12.1. The Balaban J connectivity index is 2.20. The van der Waals surface area contributed by atoms with Gasteiger partial charge in [-0.25, -0.2) is 4.79 Å². The average molecular weight is 261 g/mol. The smallest absolute Gasteiger partial charge is 0.334 e. The van der Waals surface area contributed by atoms with Crippen LogP contribution in [-0.4, -0.2) is 44.7 Å². The minimum Gasteiger partial charge on any atom is -0.479 e.